The number of nitrogens with zero attached hydrogens (tertiary/aromatic N) is 2. The lowest BCUT2D eigenvalue weighted by molar-refractivity contribution is -0.139. The topological polar surface area (TPSA) is 96.0 Å². The Morgan fingerprint density at radius 2 is 1.68 bits per heavy atom. The lowest BCUT2D eigenvalue weighted by Crippen LogP contribution is -2.51. The van der Waals surface area contributed by atoms with Crippen molar-refractivity contribution in [2.75, 3.05) is 24.5 Å². The largest absolute Gasteiger partial charge is 0.495 e. The van der Waals surface area contributed by atoms with Crippen molar-refractivity contribution in [3.63, 3.8) is 0 Å². The van der Waals surface area contributed by atoms with Gasteiger partial charge in [0, 0.05) is 18.1 Å². The number of amides is 2. The first-order valence-corrected chi connectivity index (χ1v) is 15.5. The molecular formula is C29H32Cl3N3O5S. The van der Waals surface area contributed by atoms with Gasteiger partial charge in [-0.1, -0.05) is 72.4 Å². The molecule has 2 amide bonds. The van der Waals surface area contributed by atoms with Crippen LogP contribution in [0.2, 0.25) is 15.1 Å². The Kier molecular flexibility index (Phi) is 11.7. The van der Waals surface area contributed by atoms with Crippen LogP contribution in [0.4, 0.5) is 5.69 Å². The molecular weight excluding hydrogens is 609 g/mol. The van der Waals surface area contributed by atoms with E-state index in [1.807, 2.05) is 6.92 Å². The van der Waals surface area contributed by atoms with Crippen LogP contribution >= 0.6 is 34.8 Å². The van der Waals surface area contributed by atoms with Crippen LogP contribution in [0.5, 0.6) is 5.75 Å². The summed E-state index contributed by atoms with van der Waals surface area (Å²) < 4.78 is 34.2. The monoisotopic (exact) mass is 639 g/mol. The summed E-state index contributed by atoms with van der Waals surface area (Å²) in [6.45, 7) is 3.38. The summed E-state index contributed by atoms with van der Waals surface area (Å²) in [6.07, 6.45) is 1.66. The summed E-state index contributed by atoms with van der Waals surface area (Å²) in [5, 5.41) is 3.72. The van der Waals surface area contributed by atoms with Gasteiger partial charge < -0.3 is 15.0 Å². The van der Waals surface area contributed by atoms with Crippen molar-refractivity contribution < 1.29 is 22.7 Å². The van der Waals surface area contributed by atoms with E-state index < -0.39 is 28.5 Å². The minimum atomic E-state index is -4.27. The zero-order chi connectivity index (χ0) is 30.2. The second-order valence-corrected chi connectivity index (χ2v) is 12.3. The van der Waals surface area contributed by atoms with Gasteiger partial charge in [-0.25, -0.2) is 8.42 Å². The number of nitrogens with one attached hydrogen (secondary N) is 1. The number of halogens is 3. The number of carbonyl (C=O) groups is 2. The minimum absolute atomic E-state index is 0.0238. The van der Waals surface area contributed by atoms with E-state index in [4.69, 9.17) is 39.5 Å². The molecule has 3 aromatic carbocycles. The van der Waals surface area contributed by atoms with Crippen molar-refractivity contribution in [2.45, 2.75) is 44.2 Å². The lowest BCUT2D eigenvalue weighted by Gasteiger charge is -2.32. The van der Waals surface area contributed by atoms with Crippen LogP contribution in [0.3, 0.4) is 0 Å². The number of hydrogen-bond acceptors (Lipinski definition) is 5. The second kappa shape index (κ2) is 14.8. The Labute approximate surface area is 256 Å². The smallest absolute Gasteiger partial charge is 0.264 e. The molecule has 8 nitrogen and oxygen atoms in total. The maximum atomic E-state index is 14.0. The van der Waals surface area contributed by atoms with Gasteiger partial charge in [0.25, 0.3) is 10.0 Å². The van der Waals surface area contributed by atoms with E-state index in [9.17, 15) is 18.0 Å². The molecule has 0 spiro atoms. The fraction of sp³-hybridized carbons (Fsp3) is 0.310. The number of methoxy groups -OCH3 is 1. The third-order valence-electron chi connectivity index (χ3n) is 6.35. The first kappa shape index (κ1) is 32.5. The van der Waals surface area contributed by atoms with E-state index in [1.165, 1.54) is 36.3 Å². The number of hydrogen-bond donors (Lipinski definition) is 1. The van der Waals surface area contributed by atoms with Gasteiger partial charge in [0.1, 0.15) is 18.3 Å². The number of ether oxygens (including phenoxy) is 1. The molecule has 0 saturated carbocycles. The molecule has 220 valence electrons. The Hall–Kier alpha value is -2.98. The first-order valence-electron chi connectivity index (χ1n) is 12.9. The molecule has 0 aliphatic rings. The third kappa shape index (κ3) is 8.29. The quantitative estimate of drug-likeness (QED) is 0.225. The number of anilines is 1. The van der Waals surface area contributed by atoms with Crippen LogP contribution in [0.25, 0.3) is 0 Å². The molecule has 1 atom stereocenters. The molecule has 0 fully saturated rings. The normalized spacial score (nSPS) is 12.0. The van der Waals surface area contributed by atoms with Crippen molar-refractivity contribution in [3.8, 4) is 5.75 Å². The molecule has 0 aromatic heterocycles. The van der Waals surface area contributed by atoms with E-state index in [2.05, 4.69) is 5.32 Å². The fourth-order valence-corrected chi connectivity index (χ4v) is 5.97. The standard InChI is InChI=1S/C29H32Cl3N3O5S/c1-4-5-15-33-29(37)20(2)34(18-21-11-13-24(31)25(32)16-21)28(36)19-35(26-17-22(30)12-14-27(26)40-3)41(38,39)23-9-7-6-8-10-23/h6-14,16-17,20H,4-5,15,18-19H2,1-3H3,(H,33,37). The molecule has 0 radical (unpaired) electrons. The van der Waals surface area contributed by atoms with Gasteiger partial charge in [0.15, 0.2) is 0 Å². The first-order chi connectivity index (χ1) is 19.5. The summed E-state index contributed by atoms with van der Waals surface area (Å²) in [5.41, 5.74) is 0.686. The average molecular weight is 641 g/mol. The Balaban J connectivity index is 2.07. The molecule has 3 rings (SSSR count). The summed E-state index contributed by atoms with van der Waals surface area (Å²) >= 11 is 18.5. The molecule has 0 aliphatic carbocycles. The highest BCUT2D eigenvalue weighted by atomic mass is 35.5. The van der Waals surface area contributed by atoms with Crippen molar-refractivity contribution in [1.29, 1.82) is 0 Å². The molecule has 1 unspecified atom stereocenters. The number of carbonyl (C=O) groups excluding carboxylic acids is 2. The Morgan fingerprint density at radius 3 is 2.32 bits per heavy atom. The molecule has 41 heavy (non-hydrogen) atoms. The van der Waals surface area contributed by atoms with Gasteiger partial charge >= 0.3 is 0 Å². The maximum absolute atomic E-state index is 14.0. The van der Waals surface area contributed by atoms with Crippen LogP contribution in [0.1, 0.15) is 32.3 Å². The zero-order valence-electron chi connectivity index (χ0n) is 22.9. The van der Waals surface area contributed by atoms with E-state index >= 15 is 0 Å². The van der Waals surface area contributed by atoms with Gasteiger partial charge in [-0.15, -0.1) is 0 Å². The highest BCUT2D eigenvalue weighted by molar-refractivity contribution is 7.92. The average Bonchev–Trinajstić information content (AvgIpc) is 2.96. The highest BCUT2D eigenvalue weighted by Crippen LogP contribution is 2.35. The van der Waals surface area contributed by atoms with E-state index in [0.29, 0.717) is 17.1 Å². The Bertz CT molecular complexity index is 1470. The van der Waals surface area contributed by atoms with Crippen molar-refractivity contribution in [1.82, 2.24) is 10.2 Å². The predicted molar refractivity (Wildman–Crippen MR) is 163 cm³/mol. The molecule has 3 aromatic rings. The summed E-state index contributed by atoms with van der Waals surface area (Å²) in [6, 6.07) is 16.2. The Morgan fingerprint density at radius 1 is 0.976 bits per heavy atom. The SMILES string of the molecule is CCCCNC(=O)C(C)N(Cc1ccc(Cl)c(Cl)c1)C(=O)CN(c1cc(Cl)ccc1OC)S(=O)(=O)c1ccccc1. The fourth-order valence-electron chi connectivity index (χ4n) is 4.04. The number of unbranched alkanes of at least 4 members (excludes halogenated alkanes) is 1. The van der Waals surface area contributed by atoms with Crippen molar-refractivity contribution >= 4 is 62.3 Å². The van der Waals surface area contributed by atoms with Gasteiger partial charge in [-0.2, -0.15) is 0 Å². The lowest BCUT2D eigenvalue weighted by atomic mass is 10.1. The summed E-state index contributed by atoms with van der Waals surface area (Å²) in [4.78, 5) is 28.4. The van der Waals surface area contributed by atoms with Crippen LogP contribution in [-0.2, 0) is 26.2 Å². The molecule has 0 bridgehead atoms. The van der Waals surface area contributed by atoms with Crippen LogP contribution < -0.4 is 14.4 Å². The predicted octanol–water partition coefficient (Wildman–Crippen LogP) is 6.18. The number of rotatable bonds is 13. The number of sulfonamides is 1. The third-order valence-corrected chi connectivity index (χ3v) is 9.10. The van der Waals surface area contributed by atoms with Crippen molar-refractivity contribution in [3.05, 3.63) is 87.4 Å². The highest BCUT2D eigenvalue weighted by Gasteiger charge is 2.34. The van der Waals surface area contributed by atoms with E-state index in [0.717, 1.165) is 17.1 Å². The zero-order valence-corrected chi connectivity index (χ0v) is 26.0. The summed E-state index contributed by atoms with van der Waals surface area (Å²) in [5.74, 6) is -0.802. The van der Waals surface area contributed by atoms with Crippen LogP contribution in [0.15, 0.2) is 71.6 Å². The van der Waals surface area contributed by atoms with Crippen molar-refractivity contribution in [2.24, 2.45) is 0 Å². The van der Waals surface area contributed by atoms with Gasteiger partial charge in [0.05, 0.1) is 27.7 Å². The molecule has 0 aliphatic heterocycles. The minimum Gasteiger partial charge on any atom is -0.495 e. The maximum Gasteiger partial charge on any atom is 0.264 e. The van der Waals surface area contributed by atoms with E-state index in [-0.39, 0.29) is 38.8 Å². The molecule has 1 N–H and O–H groups in total. The van der Waals surface area contributed by atoms with Gasteiger partial charge in [-0.05, 0) is 61.4 Å². The molecule has 12 heteroatoms. The van der Waals surface area contributed by atoms with E-state index in [1.54, 1.807) is 49.4 Å². The van der Waals surface area contributed by atoms with Crippen LogP contribution in [0, 0.1) is 0 Å². The van der Waals surface area contributed by atoms with Gasteiger partial charge in [-0.3, -0.25) is 13.9 Å². The second-order valence-electron chi connectivity index (χ2n) is 9.23. The molecule has 0 heterocycles. The molecule has 0 saturated heterocycles. The van der Waals surface area contributed by atoms with Gasteiger partial charge in [0.2, 0.25) is 11.8 Å². The van der Waals surface area contributed by atoms with Crippen LogP contribution in [-0.4, -0.2) is 51.4 Å². The number of benzene rings is 3. The summed E-state index contributed by atoms with van der Waals surface area (Å²) in [7, 11) is -2.88.